The zero-order chi connectivity index (χ0) is 12.8. The summed E-state index contributed by atoms with van der Waals surface area (Å²) in [6.07, 6.45) is 1.59. The number of rotatable bonds is 5. The number of amides is 1. The second-order valence-electron chi connectivity index (χ2n) is 3.82. The lowest BCUT2D eigenvalue weighted by molar-refractivity contribution is 0.0946. The molecule has 2 rings (SSSR count). The largest absolute Gasteiger partial charge is 0.347 e. The van der Waals surface area contributed by atoms with Gasteiger partial charge in [0, 0.05) is 13.1 Å². The molecule has 1 aromatic carbocycles. The van der Waals surface area contributed by atoms with Crippen molar-refractivity contribution in [2.75, 3.05) is 6.54 Å². The normalized spacial score (nSPS) is 10.3. The van der Waals surface area contributed by atoms with Crippen LogP contribution in [0, 0.1) is 0 Å². The van der Waals surface area contributed by atoms with Crippen LogP contribution in [-0.2, 0) is 13.1 Å². The number of aromatic nitrogens is 3. The first kappa shape index (κ1) is 12.3. The molecule has 0 aliphatic carbocycles. The van der Waals surface area contributed by atoms with Gasteiger partial charge in [0.1, 0.15) is 0 Å². The molecule has 0 radical (unpaired) electrons. The molecule has 18 heavy (non-hydrogen) atoms. The monoisotopic (exact) mass is 245 g/mol. The first-order valence-corrected chi connectivity index (χ1v) is 5.72. The second kappa shape index (κ2) is 5.92. The Morgan fingerprint density at radius 1 is 1.33 bits per heavy atom. The number of nitrogens with zero attached hydrogens (tertiary/aromatic N) is 3. The van der Waals surface area contributed by atoms with Crippen molar-refractivity contribution in [3.63, 3.8) is 0 Å². The third kappa shape index (κ3) is 3.14. The fourth-order valence-electron chi connectivity index (χ4n) is 1.51. The van der Waals surface area contributed by atoms with Crippen molar-refractivity contribution in [3.05, 3.63) is 47.8 Å². The van der Waals surface area contributed by atoms with E-state index in [0.717, 1.165) is 5.56 Å². The van der Waals surface area contributed by atoms with E-state index < -0.39 is 0 Å². The van der Waals surface area contributed by atoms with E-state index in [9.17, 15) is 4.79 Å². The lowest BCUT2D eigenvalue weighted by Crippen LogP contribution is -2.23. The molecule has 0 spiro atoms. The van der Waals surface area contributed by atoms with Crippen LogP contribution in [0.2, 0.25) is 0 Å². The molecule has 6 heteroatoms. The van der Waals surface area contributed by atoms with Crippen LogP contribution >= 0.6 is 0 Å². The first-order valence-electron chi connectivity index (χ1n) is 5.72. The molecule has 0 unspecified atom stereocenters. The van der Waals surface area contributed by atoms with Gasteiger partial charge in [-0.1, -0.05) is 35.5 Å². The van der Waals surface area contributed by atoms with Crippen LogP contribution in [0.5, 0.6) is 0 Å². The third-order valence-electron chi connectivity index (χ3n) is 2.43. The summed E-state index contributed by atoms with van der Waals surface area (Å²) in [7, 11) is 0. The van der Waals surface area contributed by atoms with E-state index in [1.165, 1.54) is 0 Å². The van der Waals surface area contributed by atoms with Crippen molar-refractivity contribution in [1.29, 1.82) is 0 Å². The van der Waals surface area contributed by atoms with Crippen LogP contribution in [0.1, 0.15) is 16.1 Å². The number of hydrogen-bond acceptors (Lipinski definition) is 4. The van der Waals surface area contributed by atoms with Crippen molar-refractivity contribution >= 4 is 5.91 Å². The van der Waals surface area contributed by atoms with E-state index in [1.807, 2.05) is 30.3 Å². The summed E-state index contributed by atoms with van der Waals surface area (Å²) < 4.78 is 1.55. The molecule has 0 atom stereocenters. The summed E-state index contributed by atoms with van der Waals surface area (Å²) in [5.74, 6) is -0.234. The van der Waals surface area contributed by atoms with Gasteiger partial charge in [0.15, 0.2) is 5.69 Å². The Balaban J connectivity index is 1.91. The van der Waals surface area contributed by atoms with Crippen LogP contribution in [0.3, 0.4) is 0 Å². The van der Waals surface area contributed by atoms with Gasteiger partial charge in [0.05, 0.1) is 12.7 Å². The molecule has 1 aromatic heterocycles. The SMILES string of the molecule is NCCn1cc(C(=O)NCc2ccccc2)nn1. The maximum atomic E-state index is 11.8. The average Bonchev–Trinajstić information content (AvgIpc) is 2.86. The molecule has 0 saturated heterocycles. The fraction of sp³-hybridized carbons (Fsp3) is 0.250. The third-order valence-corrected chi connectivity index (χ3v) is 2.43. The average molecular weight is 245 g/mol. The lowest BCUT2D eigenvalue weighted by atomic mass is 10.2. The maximum Gasteiger partial charge on any atom is 0.273 e. The van der Waals surface area contributed by atoms with Crippen LogP contribution < -0.4 is 11.1 Å². The zero-order valence-electron chi connectivity index (χ0n) is 9.91. The lowest BCUT2D eigenvalue weighted by Gasteiger charge is -2.02. The zero-order valence-corrected chi connectivity index (χ0v) is 9.91. The Labute approximate surface area is 105 Å². The molecule has 0 fully saturated rings. The Bertz CT molecular complexity index is 508. The first-order chi connectivity index (χ1) is 8.79. The number of nitrogens with one attached hydrogen (secondary N) is 1. The van der Waals surface area contributed by atoms with Gasteiger partial charge in [0.25, 0.3) is 5.91 Å². The van der Waals surface area contributed by atoms with Crippen molar-refractivity contribution in [2.45, 2.75) is 13.1 Å². The van der Waals surface area contributed by atoms with E-state index in [0.29, 0.717) is 25.3 Å². The molecule has 0 saturated carbocycles. The summed E-state index contributed by atoms with van der Waals surface area (Å²) in [5, 5.41) is 10.4. The second-order valence-corrected chi connectivity index (χ2v) is 3.82. The van der Waals surface area contributed by atoms with Gasteiger partial charge >= 0.3 is 0 Å². The van der Waals surface area contributed by atoms with Crippen LogP contribution in [0.25, 0.3) is 0 Å². The quantitative estimate of drug-likeness (QED) is 0.786. The predicted molar refractivity (Wildman–Crippen MR) is 66.7 cm³/mol. The molecular weight excluding hydrogens is 230 g/mol. The molecular formula is C12H15N5O. The molecule has 6 nitrogen and oxygen atoms in total. The fourth-order valence-corrected chi connectivity index (χ4v) is 1.51. The number of carbonyl (C=O) groups is 1. The summed E-state index contributed by atoms with van der Waals surface area (Å²) in [6.45, 7) is 1.50. The molecule has 2 aromatic rings. The maximum absolute atomic E-state index is 11.8. The molecule has 1 amide bonds. The molecule has 3 N–H and O–H groups in total. The van der Waals surface area contributed by atoms with Gasteiger partial charge in [-0.25, -0.2) is 0 Å². The Kier molecular flexibility index (Phi) is 4.03. The predicted octanol–water partition coefficient (Wildman–Crippen LogP) is 0.167. The molecule has 0 aliphatic heterocycles. The Morgan fingerprint density at radius 2 is 2.11 bits per heavy atom. The van der Waals surface area contributed by atoms with Gasteiger partial charge in [-0.15, -0.1) is 5.10 Å². The number of carbonyl (C=O) groups excluding carboxylic acids is 1. The summed E-state index contributed by atoms with van der Waals surface area (Å²) in [4.78, 5) is 11.8. The van der Waals surface area contributed by atoms with Gasteiger partial charge in [-0.3, -0.25) is 9.48 Å². The molecule has 0 bridgehead atoms. The summed E-state index contributed by atoms with van der Waals surface area (Å²) in [5.41, 5.74) is 6.74. The number of hydrogen-bond donors (Lipinski definition) is 2. The van der Waals surface area contributed by atoms with Crippen LogP contribution in [0.15, 0.2) is 36.5 Å². The van der Waals surface area contributed by atoms with E-state index in [-0.39, 0.29) is 5.91 Å². The highest BCUT2D eigenvalue weighted by atomic mass is 16.2. The smallest absolute Gasteiger partial charge is 0.273 e. The van der Waals surface area contributed by atoms with Crippen LogP contribution in [0.4, 0.5) is 0 Å². The highest BCUT2D eigenvalue weighted by molar-refractivity contribution is 5.91. The van der Waals surface area contributed by atoms with E-state index in [2.05, 4.69) is 15.6 Å². The number of benzene rings is 1. The minimum Gasteiger partial charge on any atom is -0.347 e. The summed E-state index contributed by atoms with van der Waals surface area (Å²) in [6, 6.07) is 9.69. The standard InChI is InChI=1S/C12H15N5O/c13-6-7-17-9-11(15-16-17)12(18)14-8-10-4-2-1-3-5-10/h1-5,9H,6-8,13H2,(H,14,18). The van der Waals surface area contributed by atoms with Crippen molar-refractivity contribution in [1.82, 2.24) is 20.3 Å². The highest BCUT2D eigenvalue weighted by Gasteiger charge is 2.09. The van der Waals surface area contributed by atoms with Gasteiger partial charge < -0.3 is 11.1 Å². The van der Waals surface area contributed by atoms with Crippen molar-refractivity contribution < 1.29 is 4.79 Å². The highest BCUT2D eigenvalue weighted by Crippen LogP contribution is 1.99. The summed E-state index contributed by atoms with van der Waals surface area (Å²) >= 11 is 0. The Hall–Kier alpha value is -2.21. The minimum absolute atomic E-state index is 0.234. The Morgan fingerprint density at radius 3 is 2.83 bits per heavy atom. The van der Waals surface area contributed by atoms with Crippen molar-refractivity contribution in [3.8, 4) is 0 Å². The number of nitrogens with two attached hydrogens (primary N) is 1. The molecule has 1 heterocycles. The minimum atomic E-state index is -0.234. The van der Waals surface area contributed by atoms with E-state index >= 15 is 0 Å². The molecule has 0 aliphatic rings. The van der Waals surface area contributed by atoms with Crippen molar-refractivity contribution in [2.24, 2.45) is 5.73 Å². The molecule has 94 valence electrons. The topological polar surface area (TPSA) is 85.8 Å². The van der Waals surface area contributed by atoms with Gasteiger partial charge in [0.2, 0.25) is 0 Å². The van der Waals surface area contributed by atoms with Gasteiger partial charge in [-0.05, 0) is 5.56 Å². The van der Waals surface area contributed by atoms with Crippen LogP contribution in [-0.4, -0.2) is 27.4 Å². The van der Waals surface area contributed by atoms with E-state index in [4.69, 9.17) is 5.73 Å². The van der Waals surface area contributed by atoms with E-state index in [1.54, 1.807) is 10.9 Å². The van der Waals surface area contributed by atoms with Gasteiger partial charge in [-0.2, -0.15) is 0 Å².